The van der Waals surface area contributed by atoms with Crippen LogP contribution in [-0.4, -0.2) is 39.3 Å². The number of fused-ring (bicyclic) bond motifs is 1. The van der Waals surface area contributed by atoms with Gasteiger partial charge in [0, 0.05) is 40.9 Å². The Morgan fingerprint density at radius 2 is 1.77 bits per heavy atom. The third-order valence-corrected chi connectivity index (χ3v) is 9.32. The molecule has 0 bridgehead atoms. The second-order valence-corrected chi connectivity index (χ2v) is 13.8. The van der Waals surface area contributed by atoms with Crippen LogP contribution < -0.4 is 10.2 Å². The molecular weight excluding hydrogens is 571 g/mol. The number of allylic oxidation sites excluding steroid dienone is 2. The highest BCUT2D eigenvalue weighted by atomic mass is 31.2. The van der Waals surface area contributed by atoms with E-state index in [1.165, 1.54) is 12.1 Å². The molecule has 0 radical (unpaired) electrons. The zero-order valence-electron chi connectivity index (χ0n) is 25.2. The minimum Gasteiger partial charge on any atom is -0.361 e. The zero-order valence-corrected chi connectivity index (χ0v) is 26.1. The second-order valence-electron chi connectivity index (χ2n) is 12.1. The average Bonchev–Trinajstić information content (AvgIpc) is 3.38. The predicted molar refractivity (Wildman–Crippen MR) is 168 cm³/mol. The molecule has 2 atom stereocenters. The van der Waals surface area contributed by atoms with Crippen molar-refractivity contribution in [1.82, 2.24) is 10.3 Å². The number of benzene rings is 2. The van der Waals surface area contributed by atoms with Crippen molar-refractivity contribution >= 4 is 30.1 Å². The van der Waals surface area contributed by atoms with Crippen molar-refractivity contribution in [3.8, 4) is 0 Å². The fourth-order valence-electron chi connectivity index (χ4n) is 5.96. The van der Waals surface area contributed by atoms with Gasteiger partial charge >= 0.3 is 13.3 Å². The van der Waals surface area contributed by atoms with E-state index >= 15 is 0 Å². The summed E-state index contributed by atoms with van der Waals surface area (Å²) in [6.07, 6.45) is 12.6. The Kier molecular flexibility index (Phi) is 10.9. The number of aromatic amines is 1. The topological polar surface area (TPSA) is 106 Å². The Balaban J connectivity index is 1.71. The lowest BCUT2D eigenvalue weighted by molar-refractivity contribution is -0.124. The lowest BCUT2D eigenvalue weighted by atomic mass is 9.91. The van der Waals surface area contributed by atoms with Crippen LogP contribution in [0.5, 0.6) is 0 Å². The number of hydrogen-bond donors (Lipinski definition) is 4. The third kappa shape index (κ3) is 8.14. The number of carbonyl (C=O) groups excluding carboxylic acids is 1. The van der Waals surface area contributed by atoms with E-state index in [2.05, 4.69) is 36.3 Å². The van der Waals surface area contributed by atoms with E-state index in [4.69, 9.17) is 0 Å². The summed E-state index contributed by atoms with van der Waals surface area (Å²) in [5.41, 5.74) is -2.46. The molecule has 7 nitrogen and oxygen atoms in total. The molecular formula is C33H44F2N3O4P. The Labute approximate surface area is 252 Å². The minimum absolute atomic E-state index is 0.0964. The molecule has 0 aliphatic heterocycles. The van der Waals surface area contributed by atoms with Gasteiger partial charge in [-0.15, -0.1) is 0 Å². The van der Waals surface area contributed by atoms with Crippen molar-refractivity contribution in [3.63, 3.8) is 0 Å². The van der Waals surface area contributed by atoms with E-state index in [1.807, 2.05) is 42.3 Å². The van der Waals surface area contributed by atoms with Crippen LogP contribution in [0.15, 0.2) is 66.9 Å². The molecule has 0 spiro atoms. The van der Waals surface area contributed by atoms with Gasteiger partial charge in [-0.2, -0.15) is 8.78 Å². The van der Waals surface area contributed by atoms with E-state index < -0.39 is 24.9 Å². The number of amides is 1. The number of hydrogen-bond acceptors (Lipinski definition) is 3. The maximum Gasteiger partial charge on any atom is 0.399 e. The maximum absolute atomic E-state index is 14.5. The summed E-state index contributed by atoms with van der Waals surface area (Å²) in [5.74, 6) is 0.154. The first kappa shape index (κ1) is 32.9. The number of aromatic nitrogens is 1. The van der Waals surface area contributed by atoms with Gasteiger partial charge < -0.3 is 25.0 Å². The van der Waals surface area contributed by atoms with Crippen LogP contribution in [0.25, 0.3) is 10.9 Å². The number of H-pyrrole nitrogens is 1. The van der Waals surface area contributed by atoms with Gasteiger partial charge in [0.15, 0.2) is 0 Å². The third-order valence-electron chi connectivity index (χ3n) is 8.33. The second kappa shape index (κ2) is 14.2. The number of nitrogens with zero attached hydrogens (tertiary/aromatic N) is 1. The molecule has 1 saturated carbocycles. The predicted octanol–water partition coefficient (Wildman–Crippen LogP) is 7.50. The number of carbonyl (C=O) groups is 1. The van der Waals surface area contributed by atoms with Gasteiger partial charge in [-0.3, -0.25) is 9.36 Å². The molecule has 1 aliphatic rings. The molecule has 234 valence electrons. The molecule has 43 heavy (non-hydrogen) atoms. The van der Waals surface area contributed by atoms with Gasteiger partial charge in [0.2, 0.25) is 5.91 Å². The molecule has 10 heteroatoms. The van der Waals surface area contributed by atoms with E-state index in [-0.39, 0.29) is 17.9 Å². The average molecular weight is 616 g/mol. The largest absolute Gasteiger partial charge is 0.399 e. The standard InChI is InChI=1S/C33H44F2N3O4P/c1-23(2)10-9-11-24(3)31(32(39)37-27-12-5-4-6-13-27)38(21-20-25-22-36-30-15-8-7-14-29(25)30)28-18-16-26(17-19-28)33(34,35)43(40,41)42/h7-10,14-19,22-24,27,31,36H,4-6,11-13,20-21H2,1-3H3,(H,37,39)(H2,40,41,42)/b10-9+. The van der Waals surface area contributed by atoms with Gasteiger partial charge in [-0.25, -0.2) is 0 Å². The van der Waals surface area contributed by atoms with E-state index in [0.29, 0.717) is 31.0 Å². The van der Waals surface area contributed by atoms with Crippen molar-refractivity contribution in [2.45, 2.75) is 83.5 Å². The van der Waals surface area contributed by atoms with Crippen molar-refractivity contribution in [2.24, 2.45) is 11.8 Å². The molecule has 1 aliphatic carbocycles. The quantitative estimate of drug-likeness (QED) is 0.118. The van der Waals surface area contributed by atoms with Crippen LogP contribution in [0.1, 0.15) is 70.4 Å². The fourth-order valence-corrected chi connectivity index (χ4v) is 6.45. The van der Waals surface area contributed by atoms with Crippen molar-refractivity contribution in [2.75, 3.05) is 11.4 Å². The summed E-state index contributed by atoms with van der Waals surface area (Å²) >= 11 is 0. The first-order valence-electron chi connectivity index (χ1n) is 15.2. The molecule has 3 aromatic rings. The number of nitrogens with one attached hydrogen (secondary N) is 2. The van der Waals surface area contributed by atoms with Crippen molar-refractivity contribution in [3.05, 3.63) is 78.0 Å². The van der Waals surface area contributed by atoms with Crippen LogP contribution in [-0.2, 0) is 21.4 Å². The summed E-state index contributed by atoms with van der Waals surface area (Å²) in [6, 6.07) is 12.4. The van der Waals surface area contributed by atoms with Crippen LogP contribution in [0.4, 0.5) is 14.5 Å². The Morgan fingerprint density at radius 3 is 2.42 bits per heavy atom. The molecule has 1 amide bonds. The highest BCUT2D eigenvalue weighted by molar-refractivity contribution is 7.52. The van der Waals surface area contributed by atoms with E-state index in [1.54, 1.807) is 0 Å². The lowest BCUT2D eigenvalue weighted by Crippen LogP contribution is -2.53. The molecule has 2 aromatic carbocycles. The van der Waals surface area contributed by atoms with Gasteiger partial charge in [0.05, 0.1) is 0 Å². The Bertz CT molecular complexity index is 1430. The molecule has 1 aromatic heterocycles. The smallest absolute Gasteiger partial charge is 0.361 e. The molecule has 2 unspecified atom stereocenters. The normalized spacial score (nSPS) is 16.6. The number of rotatable bonds is 13. The SMILES string of the molecule is CC(C)/C=C/CC(C)C(C(=O)NC1CCCCC1)N(CCc1c[nH]c2ccccc12)c1ccc(C(F)(F)P(=O)(O)O)cc1. The highest BCUT2D eigenvalue weighted by Gasteiger charge is 2.50. The van der Waals surface area contributed by atoms with Crippen molar-refractivity contribution < 1.29 is 27.9 Å². The summed E-state index contributed by atoms with van der Waals surface area (Å²) < 4.78 is 40.5. The molecule has 4 rings (SSSR count). The molecule has 0 saturated heterocycles. The van der Waals surface area contributed by atoms with Crippen LogP contribution in [0, 0.1) is 11.8 Å². The number of anilines is 1. The van der Waals surface area contributed by atoms with Crippen LogP contribution >= 0.6 is 7.60 Å². The van der Waals surface area contributed by atoms with Gasteiger partial charge in [0.1, 0.15) is 6.04 Å². The van der Waals surface area contributed by atoms with E-state index in [0.717, 1.165) is 60.7 Å². The van der Waals surface area contributed by atoms with Gasteiger partial charge in [-0.1, -0.05) is 82.5 Å². The summed E-state index contributed by atoms with van der Waals surface area (Å²) in [6.45, 7) is 6.65. The first-order chi connectivity index (χ1) is 20.4. The minimum atomic E-state index is -5.71. The highest BCUT2D eigenvalue weighted by Crippen LogP contribution is 2.59. The number of alkyl halides is 2. The number of para-hydroxylation sites is 1. The van der Waals surface area contributed by atoms with Crippen LogP contribution in [0.2, 0.25) is 0 Å². The van der Waals surface area contributed by atoms with Gasteiger partial charge in [0.25, 0.3) is 0 Å². The van der Waals surface area contributed by atoms with Crippen molar-refractivity contribution in [1.29, 1.82) is 0 Å². The Morgan fingerprint density at radius 1 is 1.09 bits per heavy atom. The van der Waals surface area contributed by atoms with Gasteiger partial charge in [-0.05, 0) is 61.3 Å². The number of halogens is 2. The monoisotopic (exact) mass is 615 g/mol. The molecule has 1 heterocycles. The maximum atomic E-state index is 14.5. The summed E-state index contributed by atoms with van der Waals surface area (Å²) in [5, 5.41) is 4.37. The summed E-state index contributed by atoms with van der Waals surface area (Å²) in [7, 11) is -5.71. The fraction of sp³-hybridized carbons (Fsp3) is 0.485. The van der Waals surface area contributed by atoms with Crippen LogP contribution in [0.3, 0.4) is 0 Å². The zero-order chi connectivity index (χ0) is 31.2. The first-order valence-corrected chi connectivity index (χ1v) is 16.8. The lowest BCUT2D eigenvalue weighted by Gasteiger charge is -2.38. The summed E-state index contributed by atoms with van der Waals surface area (Å²) in [4.78, 5) is 37.9. The Hall–Kier alpha value is -3.00. The van der Waals surface area contributed by atoms with E-state index in [9.17, 15) is 27.9 Å². The molecule has 4 N–H and O–H groups in total. The molecule has 1 fully saturated rings.